The Hall–Kier alpha value is -0.940. The summed E-state index contributed by atoms with van der Waals surface area (Å²) < 4.78 is 37.7. The van der Waals surface area contributed by atoms with Gasteiger partial charge in [-0.05, 0) is 38.5 Å². The minimum atomic E-state index is -3.42. The van der Waals surface area contributed by atoms with Crippen LogP contribution in [0.2, 0.25) is 0 Å². The van der Waals surface area contributed by atoms with Crippen molar-refractivity contribution in [3.05, 3.63) is 29.8 Å². The van der Waals surface area contributed by atoms with Gasteiger partial charge in [-0.2, -0.15) is 0 Å². The van der Waals surface area contributed by atoms with Crippen molar-refractivity contribution in [2.24, 2.45) is 0 Å². The largest absolute Gasteiger partial charge is 0.393 e. The highest BCUT2D eigenvalue weighted by molar-refractivity contribution is 7.92. The maximum absolute atomic E-state index is 13.9. The molecule has 17 heavy (non-hydrogen) atoms. The number of rotatable bonds is 4. The van der Waals surface area contributed by atoms with Gasteiger partial charge in [-0.15, -0.1) is 0 Å². The molecule has 1 aromatic rings. The zero-order valence-corrected chi connectivity index (χ0v) is 11.0. The second-order valence-corrected chi connectivity index (χ2v) is 6.98. The molecule has 0 fully saturated rings. The van der Waals surface area contributed by atoms with Crippen LogP contribution in [-0.2, 0) is 15.5 Å². The van der Waals surface area contributed by atoms with Gasteiger partial charge in [0.05, 0.1) is 16.8 Å². The van der Waals surface area contributed by atoms with E-state index in [0.29, 0.717) is 0 Å². The molecule has 0 aliphatic carbocycles. The second kappa shape index (κ2) is 4.74. The Morgan fingerprint density at radius 3 is 2.47 bits per heavy atom. The Morgan fingerprint density at radius 2 is 2.00 bits per heavy atom. The molecule has 0 radical (unpaired) electrons. The number of alkyl halides is 1. The molecule has 0 saturated heterocycles. The van der Waals surface area contributed by atoms with Gasteiger partial charge in [0.15, 0.2) is 15.5 Å². The third-order valence-corrected chi connectivity index (χ3v) is 4.83. The minimum absolute atomic E-state index is 0.0855. The molecule has 1 rings (SSSR count). The summed E-state index contributed by atoms with van der Waals surface area (Å²) >= 11 is 0. The van der Waals surface area contributed by atoms with Crippen LogP contribution >= 0.6 is 0 Å². The molecule has 1 N–H and O–H groups in total. The topological polar surface area (TPSA) is 54.4 Å². The van der Waals surface area contributed by atoms with Gasteiger partial charge in [0.25, 0.3) is 0 Å². The number of aliphatic hydroxyl groups excluding tert-OH is 1. The molecule has 0 aliphatic rings. The smallest absolute Gasteiger partial charge is 0.180 e. The molecule has 1 atom stereocenters. The van der Waals surface area contributed by atoms with Gasteiger partial charge in [-0.1, -0.05) is 12.1 Å². The predicted octanol–water partition coefficient (Wildman–Crippen LogP) is 2.05. The van der Waals surface area contributed by atoms with Crippen LogP contribution in [0, 0.1) is 0 Å². The fourth-order valence-electron chi connectivity index (χ4n) is 1.36. The number of hydrogen-bond donors (Lipinski definition) is 1. The molecule has 0 bridgehead atoms. The van der Waals surface area contributed by atoms with Crippen molar-refractivity contribution in [1.29, 1.82) is 0 Å². The first-order valence-electron chi connectivity index (χ1n) is 5.36. The number of benzene rings is 1. The van der Waals surface area contributed by atoms with E-state index in [4.69, 9.17) is 5.11 Å². The zero-order chi connectivity index (χ0) is 13.3. The van der Waals surface area contributed by atoms with Crippen LogP contribution in [0.4, 0.5) is 4.39 Å². The summed E-state index contributed by atoms with van der Waals surface area (Å²) in [6.07, 6.45) is 0. The van der Waals surface area contributed by atoms with Crippen molar-refractivity contribution in [2.75, 3.05) is 6.61 Å². The van der Waals surface area contributed by atoms with Gasteiger partial charge >= 0.3 is 0 Å². The van der Waals surface area contributed by atoms with Gasteiger partial charge in [0.2, 0.25) is 0 Å². The number of hydrogen-bond acceptors (Lipinski definition) is 3. The van der Waals surface area contributed by atoms with Crippen LogP contribution in [0.1, 0.15) is 26.3 Å². The lowest BCUT2D eigenvalue weighted by atomic mass is 9.99. The van der Waals surface area contributed by atoms with Gasteiger partial charge in [0.1, 0.15) is 0 Å². The molecule has 3 nitrogen and oxygen atoms in total. The number of halogens is 1. The molecule has 0 spiro atoms. The van der Waals surface area contributed by atoms with Crippen LogP contribution in [0.15, 0.2) is 29.2 Å². The van der Waals surface area contributed by atoms with Crippen LogP contribution in [0.3, 0.4) is 0 Å². The van der Waals surface area contributed by atoms with Gasteiger partial charge < -0.3 is 5.11 Å². The molecule has 96 valence electrons. The summed E-state index contributed by atoms with van der Waals surface area (Å²) in [5.74, 6) is 0. The van der Waals surface area contributed by atoms with Crippen molar-refractivity contribution in [1.82, 2.24) is 0 Å². The molecule has 5 heteroatoms. The van der Waals surface area contributed by atoms with Crippen LogP contribution in [0.25, 0.3) is 0 Å². The van der Waals surface area contributed by atoms with Crippen molar-refractivity contribution < 1.29 is 17.9 Å². The summed E-state index contributed by atoms with van der Waals surface area (Å²) in [4.78, 5) is 0.0855. The minimum Gasteiger partial charge on any atom is -0.393 e. The van der Waals surface area contributed by atoms with Crippen LogP contribution in [0.5, 0.6) is 0 Å². The van der Waals surface area contributed by atoms with Crippen molar-refractivity contribution >= 4 is 9.84 Å². The first kappa shape index (κ1) is 14.1. The Balaban J connectivity index is 3.29. The van der Waals surface area contributed by atoms with Crippen molar-refractivity contribution in [3.63, 3.8) is 0 Å². The van der Waals surface area contributed by atoms with Gasteiger partial charge in [-0.25, -0.2) is 12.8 Å². The second-order valence-electron chi connectivity index (χ2n) is 4.48. The Kier molecular flexibility index (Phi) is 3.94. The lowest BCUT2D eigenvalue weighted by Crippen LogP contribution is -2.21. The predicted molar refractivity (Wildman–Crippen MR) is 64.3 cm³/mol. The molecule has 1 unspecified atom stereocenters. The van der Waals surface area contributed by atoms with E-state index in [1.54, 1.807) is 13.8 Å². The first-order valence-corrected chi connectivity index (χ1v) is 6.90. The zero-order valence-electron chi connectivity index (χ0n) is 10.1. The molecule has 0 aliphatic heterocycles. The van der Waals surface area contributed by atoms with Crippen molar-refractivity contribution in [2.45, 2.75) is 36.6 Å². The van der Waals surface area contributed by atoms with E-state index in [2.05, 4.69) is 0 Å². The molecular weight excluding hydrogens is 243 g/mol. The van der Waals surface area contributed by atoms with E-state index in [1.807, 2.05) is 0 Å². The highest BCUT2D eigenvalue weighted by Gasteiger charge is 2.27. The van der Waals surface area contributed by atoms with Gasteiger partial charge in [-0.3, -0.25) is 0 Å². The summed E-state index contributed by atoms with van der Waals surface area (Å²) in [5.41, 5.74) is -1.76. The normalized spacial score (nSPS) is 15.9. The van der Waals surface area contributed by atoms with Crippen molar-refractivity contribution in [3.8, 4) is 0 Å². The maximum atomic E-state index is 13.9. The molecule has 0 heterocycles. The molecule has 0 aromatic heterocycles. The average molecular weight is 260 g/mol. The third kappa shape index (κ3) is 2.84. The summed E-state index contributed by atoms with van der Waals surface area (Å²) in [7, 11) is -3.42. The third-order valence-electron chi connectivity index (χ3n) is 2.68. The highest BCUT2D eigenvalue weighted by Crippen LogP contribution is 2.27. The number of sulfone groups is 1. The summed E-state index contributed by atoms with van der Waals surface area (Å²) in [6, 6.07) is 5.67. The molecule has 1 aromatic carbocycles. The van der Waals surface area contributed by atoms with E-state index in [-0.39, 0.29) is 10.5 Å². The standard InChI is InChI=1S/C12H17FO3S/c1-9(2)17(15,16)11-6-4-5-10(7-11)12(3,13)8-14/h4-7,9,14H,8H2,1-3H3. The lowest BCUT2D eigenvalue weighted by Gasteiger charge is -2.19. The molecule has 0 amide bonds. The number of aliphatic hydroxyl groups is 1. The molecule has 0 saturated carbocycles. The summed E-state index contributed by atoms with van der Waals surface area (Å²) in [5, 5.41) is 8.37. The van der Waals surface area contributed by atoms with E-state index in [0.717, 1.165) is 0 Å². The fourth-order valence-corrected chi connectivity index (χ4v) is 2.46. The van der Waals surface area contributed by atoms with E-state index < -0.39 is 27.4 Å². The van der Waals surface area contributed by atoms with E-state index >= 15 is 0 Å². The van der Waals surface area contributed by atoms with E-state index in [1.165, 1.54) is 31.2 Å². The Morgan fingerprint density at radius 1 is 1.41 bits per heavy atom. The monoisotopic (exact) mass is 260 g/mol. The van der Waals surface area contributed by atoms with Crippen LogP contribution in [-0.4, -0.2) is 25.4 Å². The van der Waals surface area contributed by atoms with E-state index in [9.17, 15) is 12.8 Å². The van der Waals surface area contributed by atoms with Crippen LogP contribution < -0.4 is 0 Å². The van der Waals surface area contributed by atoms with Gasteiger partial charge in [0, 0.05) is 0 Å². The lowest BCUT2D eigenvalue weighted by molar-refractivity contribution is 0.0866. The fraction of sp³-hybridized carbons (Fsp3) is 0.500. The Bertz CT molecular complexity index is 492. The quantitative estimate of drug-likeness (QED) is 0.901. The molecular formula is C12H17FO3S. The average Bonchev–Trinajstić information content (AvgIpc) is 2.29. The highest BCUT2D eigenvalue weighted by atomic mass is 32.2. The maximum Gasteiger partial charge on any atom is 0.180 e. The summed E-state index contributed by atoms with van der Waals surface area (Å²) in [6.45, 7) is 3.68. The Labute approximate surface area is 101 Å². The first-order chi connectivity index (χ1) is 7.71. The SMILES string of the molecule is CC(C)S(=O)(=O)c1cccc(C(C)(F)CO)c1.